The molecule has 1 saturated carbocycles. The zero-order valence-corrected chi connectivity index (χ0v) is 15.9. The molecule has 0 bridgehead atoms. The molecule has 26 heavy (non-hydrogen) atoms. The van der Waals surface area contributed by atoms with Crippen molar-refractivity contribution in [2.45, 2.75) is 44.6 Å². The number of rotatable bonds is 5. The van der Waals surface area contributed by atoms with Gasteiger partial charge in [0.25, 0.3) is 5.91 Å². The van der Waals surface area contributed by atoms with Crippen LogP contribution in [0.4, 0.5) is 0 Å². The zero-order chi connectivity index (χ0) is 18.7. The van der Waals surface area contributed by atoms with Crippen LogP contribution in [0.25, 0.3) is 10.9 Å². The molecule has 0 aliphatic heterocycles. The first-order chi connectivity index (χ1) is 12.4. The van der Waals surface area contributed by atoms with Crippen LogP contribution < -0.4 is 4.74 Å². The van der Waals surface area contributed by atoms with Crippen LogP contribution in [0.2, 0.25) is 0 Å². The van der Waals surface area contributed by atoms with Crippen molar-refractivity contribution in [1.82, 2.24) is 9.88 Å². The number of benzene rings is 1. The topological polar surface area (TPSA) is 62.7 Å². The summed E-state index contributed by atoms with van der Waals surface area (Å²) in [6.45, 7) is 2.15. The number of methoxy groups -OCH3 is 1. The van der Waals surface area contributed by atoms with Gasteiger partial charge in [0, 0.05) is 25.2 Å². The minimum absolute atomic E-state index is 0.178. The fourth-order valence-corrected chi connectivity index (χ4v) is 4.10. The van der Waals surface area contributed by atoms with Crippen molar-refractivity contribution in [2.24, 2.45) is 5.92 Å². The molecule has 1 N–H and O–H groups in total. The molecule has 1 aromatic carbocycles. The number of amides is 1. The summed E-state index contributed by atoms with van der Waals surface area (Å²) in [7, 11) is 3.29. The van der Waals surface area contributed by atoms with Gasteiger partial charge in [0.1, 0.15) is 11.3 Å². The summed E-state index contributed by atoms with van der Waals surface area (Å²) in [4.78, 5) is 19.2. The predicted molar refractivity (Wildman–Crippen MR) is 102 cm³/mol. The van der Waals surface area contributed by atoms with Crippen LogP contribution in [-0.4, -0.2) is 47.2 Å². The van der Waals surface area contributed by atoms with E-state index in [1.54, 1.807) is 31.3 Å². The summed E-state index contributed by atoms with van der Waals surface area (Å²) in [5.41, 5.74) is 0.185. The van der Waals surface area contributed by atoms with Crippen LogP contribution in [0.5, 0.6) is 5.75 Å². The van der Waals surface area contributed by atoms with Gasteiger partial charge in [0.2, 0.25) is 0 Å². The van der Waals surface area contributed by atoms with Gasteiger partial charge >= 0.3 is 0 Å². The molecule has 140 valence electrons. The highest BCUT2D eigenvalue weighted by molar-refractivity contribution is 6.07. The molecule has 5 nitrogen and oxygen atoms in total. The third-order valence-electron chi connectivity index (χ3n) is 5.56. The van der Waals surface area contributed by atoms with Crippen molar-refractivity contribution in [3.05, 3.63) is 36.0 Å². The summed E-state index contributed by atoms with van der Waals surface area (Å²) in [5.74, 6) is 0.562. The van der Waals surface area contributed by atoms with E-state index in [0.29, 0.717) is 23.4 Å². The highest BCUT2D eigenvalue weighted by atomic mass is 16.5. The molecule has 1 amide bonds. The van der Waals surface area contributed by atoms with E-state index in [4.69, 9.17) is 4.74 Å². The Kier molecular flexibility index (Phi) is 5.47. The number of pyridine rings is 1. The number of ether oxygens (including phenoxy) is 1. The van der Waals surface area contributed by atoms with E-state index in [0.717, 1.165) is 31.1 Å². The fourth-order valence-electron chi connectivity index (χ4n) is 4.10. The van der Waals surface area contributed by atoms with E-state index in [1.165, 1.54) is 6.42 Å². The van der Waals surface area contributed by atoms with Crippen LogP contribution in [0, 0.1) is 5.92 Å². The minimum Gasteiger partial charge on any atom is -0.496 e. The SMILES string of the molecule is COc1ccc2cccnc2c1C(=O)N(C)CC(C)(O)C1CCCCC1. The molecule has 0 saturated heterocycles. The van der Waals surface area contributed by atoms with Gasteiger partial charge in [-0.15, -0.1) is 0 Å². The van der Waals surface area contributed by atoms with E-state index < -0.39 is 5.60 Å². The van der Waals surface area contributed by atoms with Gasteiger partial charge in [0.15, 0.2) is 0 Å². The van der Waals surface area contributed by atoms with Crippen LogP contribution in [-0.2, 0) is 0 Å². The van der Waals surface area contributed by atoms with Gasteiger partial charge in [-0.25, -0.2) is 0 Å². The van der Waals surface area contributed by atoms with E-state index in [-0.39, 0.29) is 11.8 Å². The van der Waals surface area contributed by atoms with Gasteiger partial charge in [-0.2, -0.15) is 0 Å². The Morgan fingerprint density at radius 1 is 1.31 bits per heavy atom. The number of carbonyl (C=O) groups excluding carboxylic acids is 1. The molecule has 1 aliphatic carbocycles. The summed E-state index contributed by atoms with van der Waals surface area (Å²) < 4.78 is 5.42. The Balaban J connectivity index is 1.87. The number of carbonyl (C=O) groups is 1. The van der Waals surface area contributed by atoms with Crippen molar-refractivity contribution >= 4 is 16.8 Å². The lowest BCUT2D eigenvalue weighted by atomic mass is 9.77. The summed E-state index contributed by atoms with van der Waals surface area (Å²) in [6.07, 6.45) is 7.26. The number of hydrogen-bond donors (Lipinski definition) is 1. The Morgan fingerprint density at radius 2 is 2.04 bits per heavy atom. The molecule has 1 heterocycles. The number of aliphatic hydroxyl groups is 1. The number of aromatic nitrogens is 1. The van der Waals surface area contributed by atoms with Crippen molar-refractivity contribution in [2.75, 3.05) is 20.7 Å². The highest BCUT2D eigenvalue weighted by Crippen LogP contribution is 2.34. The Hall–Kier alpha value is -2.14. The summed E-state index contributed by atoms with van der Waals surface area (Å²) in [5, 5.41) is 11.9. The maximum Gasteiger partial charge on any atom is 0.259 e. The number of hydrogen-bond acceptors (Lipinski definition) is 4. The predicted octanol–water partition coefficient (Wildman–Crippen LogP) is 3.65. The maximum absolute atomic E-state index is 13.2. The first kappa shape index (κ1) is 18.6. The second-order valence-corrected chi connectivity index (χ2v) is 7.57. The second kappa shape index (κ2) is 7.62. The molecule has 3 rings (SSSR count). The minimum atomic E-state index is -0.893. The van der Waals surface area contributed by atoms with Gasteiger partial charge < -0.3 is 14.7 Å². The van der Waals surface area contributed by atoms with Crippen molar-refractivity contribution in [3.63, 3.8) is 0 Å². The van der Waals surface area contributed by atoms with Gasteiger partial charge in [-0.1, -0.05) is 25.3 Å². The zero-order valence-electron chi connectivity index (χ0n) is 15.9. The molecule has 1 aromatic heterocycles. The molecule has 0 spiro atoms. The van der Waals surface area contributed by atoms with Gasteiger partial charge in [-0.3, -0.25) is 9.78 Å². The first-order valence-electron chi connectivity index (χ1n) is 9.33. The van der Waals surface area contributed by atoms with Crippen LogP contribution >= 0.6 is 0 Å². The lowest BCUT2D eigenvalue weighted by Crippen LogP contribution is -2.47. The maximum atomic E-state index is 13.2. The van der Waals surface area contributed by atoms with Crippen molar-refractivity contribution in [3.8, 4) is 5.75 Å². The van der Waals surface area contributed by atoms with Crippen LogP contribution in [0.3, 0.4) is 0 Å². The Bertz CT molecular complexity index is 782. The molecule has 1 fully saturated rings. The fraction of sp³-hybridized carbons (Fsp3) is 0.524. The average molecular weight is 356 g/mol. The van der Waals surface area contributed by atoms with Crippen LogP contribution in [0.1, 0.15) is 49.4 Å². The van der Waals surface area contributed by atoms with Crippen molar-refractivity contribution in [1.29, 1.82) is 0 Å². The highest BCUT2D eigenvalue weighted by Gasteiger charge is 2.35. The van der Waals surface area contributed by atoms with Crippen LogP contribution in [0.15, 0.2) is 30.5 Å². The lowest BCUT2D eigenvalue weighted by Gasteiger charge is -2.38. The third-order valence-corrected chi connectivity index (χ3v) is 5.56. The summed E-state index contributed by atoms with van der Waals surface area (Å²) in [6, 6.07) is 7.47. The third kappa shape index (κ3) is 3.68. The molecule has 1 unspecified atom stereocenters. The van der Waals surface area contributed by atoms with Crippen molar-refractivity contribution < 1.29 is 14.6 Å². The second-order valence-electron chi connectivity index (χ2n) is 7.57. The molecule has 1 aliphatic rings. The molecular formula is C21H28N2O3. The Labute approximate surface area is 155 Å². The smallest absolute Gasteiger partial charge is 0.259 e. The van der Waals surface area contributed by atoms with E-state index >= 15 is 0 Å². The number of nitrogens with zero attached hydrogens (tertiary/aromatic N) is 2. The van der Waals surface area contributed by atoms with Gasteiger partial charge in [-0.05, 0) is 43.9 Å². The Morgan fingerprint density at radius 3 is 2.73 bits per heavy atom. The molecule has 0 radical (unpaired) electrons. The largest absolute Gasteiger partial charge is 0.496 e. The van der Waals surface area contributed by atoms with Gasteiger partial charge in [0.05, 0.1) is 18.2 Å². The molecule has 2 aromatic rings. The average Bonchev–Trinajstić information content (AvgIpc) is 2.66. The quantitative estimate of drug-likeness (QED) is 0.888. The number of fused-ring (bicyclic) bond motifs is 1. The van der Waals surface area contributed by atoms with E-state index in [1.807, 2.05) is 25.1 Å². The number of likely N-dealkylation sites (N-methyl/N-ethyl adjacent to an activating group) is 1. The first-order valence-corrected chi connectivity index (χ1v) is 9.33. The summed E-state index contributed by atoms with van der Waals surface area (Å²) >= 11 is 0. The van der Waals surface area contributed by atoms with E-state index in [2.05, 4.69) is 4.98 Å². The monoisotopic (exact) mass is 356 g/mol. The molecule has 5 heteroatoms. The standard InChI is InChI=1S/C21H28N2O3/c1-21(25,16-9-5-4-6-10-16)14-23(2)20(24)18-17(26-3)12-11-15-8-7-13-22-19(15)18/h7-8,11-13,16,25H,4-6,9-10,14H2,1-3H3. The molecular weight excluding hydrogens is 328 g/mol. The molecule has 1 atom stereocenters. The normalized spacial score (nSPS) is 17.7. The van der Waals surface area contributed by atoms with E-state index in [9.17, 15) is 9.90 Å². The lowest BCUT2D eigenvalue weighted by molar-refractivity contribution is -0.0344.